The molecule has 0 saturated carbocycles. The summed E-state index contributed by atoms with van der Waals surface area (Å²) in [4.78, 5) is 25.2. The van der Waals surface area contributed by atoms with Gasteiger partial charge < -0.3 is 9.72 Å². The zero-order chi connectivity index (χ0) is 10.7. The Morgan fingerprint density at radius 3 is 3.00 bits per heavy atom. The first-order chi connectivity index (χ1) is 7.24. The number of aromatic nitrogens is 1. The van der Waals surface area contributed by atoms with E-state index >= 15 is 0 Å². The van der Waals surface area contributed by atoms with E-state index in [1.807, 2.05) is 18.3 Å². The summed E-state index contributed by atoms with van der Waals surface area (Å²) in [6.07, 6.45) is 3.44. The minimum atomic E-state index is -0.386. The van der Waals surface area contributed by atoms with E-state index in [4.69, 9.17) is 4.74 Å². The molecule has 1 atom stereocenters. The van der Waals surface area contributed by atoms with Crippen molar-refractivity contribution < 1.29 is 14.3 Å². The average Bonchev–Trinajstić information content (AvgIpc) is 2.65. The van der Waals surface area contributed by atoms with Crippen molar-refractivity contribution in [2.45, 2.75) is 31.8 Å². The highest BCUT2D eigenvalue weighted by Crippen LogP contribution is 2.16. The maximum Gasteiger partial charge on any atom is 0.313 e. The number of aryl methyl sites for hydroxylation is 1. The minimum Gasteiger partial charge on any atom is -0.462 e. The molecule has 0 radical (unpaired) electrons. The largest absolute Gasteiger partial charge is 0.462 e. The van der Waals surface area contributed by atoms with Crippen LogP contribution in [0.3, 0.4) is 0 Å². The number of nitrogens with one attached hydrogen (secondary N) is 1. The molecule has 15 heavy (non-hydrogen) atoms. The smallest absolute Gasteiger partial charge is 0.313 e. The molecule has 1 aromatic rings. The van der Waals surface area contributed by atoms with Gasteiger partial charge in [-0.3, -0.25) is 9.59 Å². The van der Waals surface area contributed by atoms with Gasteiger partial charge in [0.15, 0.2) is 0 Å². The lowest BCUT2D eigenvalue weighted by atomic mass is 10.0. The average molecular weight is 207 g/mol. The van der Waals surface area contributed by atoms with Crippen molar-refractivity contribution in [1.29, 1.82) is 0 Å². The number of H-pyrrole nitrogens is 1. The van der Waals surface area contributed by atoms with Crippen molar-refractivity contribution in [3.63, 3.8) is 0 Å². The number of carbonyl (C=O) groups excluding carboxylic acids is 2. The molecule has 1 fully saturated rings. The van der Waals surface area contributed by atoms with E-state index in [1.165, 1.54) is 0 Å². The van der Waals surface area contributed by atoms with E-state index in [2.05, 4.69) is 4.98 Å². The number of hydrogen-bond acceptors (Lipinski definition) is 3. The number of cyclic esters (lactones) is 1. The summed E-state index contributed by atoms with van der Waals surface area (Å²) in [5, 5.41) is 0. The molecule has 4 nitrogen and oxygen atoms in total. The third-order valence-corrected chi connectivity index (χ3v) is 2.49. The summed E-state index contributed by atoms with van der Waals surface area (Å²) in [6, 6.07) is 3.90. The minimum absolute atomic E-state index is 0.0114. The predicted molar refractivity (Wildman–Crippen MR) is 53.2 cm³/mol. The number of hydrogen-bond donors (Lipinski definition) is 1. The van der Waals surface area contributed by atoms with Crippen molar-refractivity contribution >= 4 is 11.8 Å². The molecule has 1 aromatic heterocycles. The number of ether oxygens (including phenoxy) is 1. The van der Waals surface area contributed by atoms with E-state index in [0.717, 1.165) is 12.1 Å². The highest BCUT2D eigenvalue weighted by molar-refractivity contribution is 5.97. The molecule has 1 N–H and O–H groups in total. The number of esters is 1. The fraction of sp³-hybridized carbons (Fsp3) is 0.455. The summed E-state index contributed by atoms with van der Waals surface area (Å²) >= 11 is 0. The van der Waals surface area contributed by atoms with Crippen LogP contribution in [0.1, 0.15) is 25.0 Å². The zero-order valence-electron chi connectivity index (χ0n) is 8.36. The highest BCUT2D eigenvalue weighted by Gasteiger charge is 2.26. The summed E-state index contributed by atoms with van der Waals surface area (Å²) in [7, 11) is 0. The molecule has 0 aromatic carbocycles. The van der Waals surface area contributed by atoms with Gasteiger partial charge in [0.05, 0.1) is 0 Å². The Bertz CT molecular complexity index is 340. The molecule has 80 valence electrons. The number of ketones is 1. The highest BCUT2D eigenvalue weighted by atomic mass is 16.5. The van der Waals surface area contributed by atoms with Crippen LogP contribution in [0, 0.1) is 0 Å². The third kappa shape index (κ3) is 2.68. The monoisotopic (exact) mass is 207 g/mol. The topological polar surface area (TPSA) is 59.2 Å². The fourth-order valence-corrected chi connectivity index (χ4v) is 1.76. The van der Waals surface area contributed by atoms with Crippen LogP contribution in [0.2, 0.25) is 0 Å². The van der Waals surface area contributed by atoms with Crippen molar-refractivity contribution in [3.8, 4) is 0 Å². The molecule has 0 spiro atoms. The Labute approximate surface area is 87.6 Å². The SMILES string of the molecule is O=C1CC(=O)OC(CCc2ccc[nH]2)C1. The van der Waals surface area contributed by atoms with Crippen LogP contribution in [0.4, 0.5) is 0 Å². The lowest BCUT2D eigenvalue weighted by Gasteiger charge is -2.21. The predicted octanol–water partition coefficient (Wildman–Crippen LogP) is 1.22. The second-order valence-electron chi connectivity index (χ2n) is 3.77. The molecule has 4 heteroatoms. The van der Waals surface area contributed by atoms with Gasteiger partial charge in [-0.15, -0.1) is 0 Å². The van der Waals surface area contributed by atoms with Gasteiger partial charge in [-0.1, -0.05) is 0 Å². The molecule has 0 bridgehead atoms. The Morgan fingerprint density at radius 1 is 1.47 bits per heavy atom. The normalized spacial score (nSPS) is 21.5. The molecule has 2 heterocycles. The lowest BCUT2D eigenvalue weighted by molar-refractivity contribution is -0.157. The van der Waals surface area contributed by atoms with Gasteiger partial charge >= 0.3 is 5.97 Å². The maximum absolute atomic E-state index is 11.1. The molecule has 1 aliphatic rings. The van der Waals surface area contributed by atoms with Crippen molar-refractivity contribution in [3.05, 3.63) is 24.0 Å². The maximum atomic E-state index is 11.1. The molecule has 2 rings (SSSR count). The van der Waals surface area contributed by atoms with Crippen molar-refractivity contribution in [2.24, 2.45) is 0 Å². The van der Waals surface area contributed by atoms with E-state index in [9.17, 15) is 9.59 Å². The van der Waals surface area contributed by atoms with Crippen LogP contribution in [0.5, 0.6) is 0 Å². The van der Waals surface area contributed by atoms with Crippen LogP contribution in [0.15, 0.2) is 18.3 Å². The summed E-state index contributed by atoms with van der Waals surface area (Å²) in [5.41, 5.74) is 1.10. The van der Waals surface area contributed by atoms with E-state index in [-0.39, 0.29) is 24.3 Å². The molecular weight excluding hydrogens is 194 g/mol. The van der Waals surface area contributed by atoms with Gasteiger partial charge in [-0.05, 0) is 25.0 Å². The van der Waals surface area contributed by atoms with Crippen LogP contribution in [0.25, 0.3) is 0 Å². The Hall–Kier alpha value is -1.58. The van der Waals surface area contributed by atoms with Gasteiger partial charge in [0, 0.05) is 18.3 Å². The van der Waals surface area contributed by atoms with Gasteiger partial charge in [0.2, 0.25) is 0 Å². The summed E-state index contributed by atoms with van der Waals surface area (Å²) in [6.45, 7) is 0. The number of aromatic amines is 1. The van der Waals surface area contributed by atoms with E-state index in [0.29, 0.717) is 12.8 Å². The first-order valence-corrected chi connectivity index (χ1v) is 5.07. The fourth-order valence-electron chi connectivity index (χ4n) is 1.76. The Balaban J connectivity index is 1.84. The summed E-state index contributed by atoms with van der Waals surface area (Å²) < 4.78 is 5.08. The Morgan fingerprint density at radius 2 is 2.33 bits per heavy atom. The van der Waals surface area contributed by atoms with Crippen molar-refractivity contribution in [2.75, 3.05) is 0 Å². The number of Topliss-reactive ketones (excluding diaryl/α,β-unsaturated/α-hetero) is 1. The third-order valence-electron chi connectivity index (χ3n) is 2.49. The van der Waals surface area contributed by atoms with Gasteiger partial charge in [0.25, 0.3) is 0 Å². The van der Waals surface area contributed by atoms with E-state index < -0.39 is 0 Å². The standard InChI is InChI=1S/C11H13NO3/c13-9-6-10(15-11(14)7-9)4-3-8-2-1-5-12-8/h1-2,5,10,12H,3-4,6-7H2. The quantitative estimate of drug-likeness (QED) is 0.599. The Kier molecular flexibility index (Phi) is 2.85. The van der Waals surface area contributed by atoms with Gasteiger partial charge in [-0.2, -0.15) is 0 Å². The molecule has 0 aliphatic carbocycles. The molecule has 0 amide bonds. The lowest BCUT2D eigenvalue weighted by Crippen LogP contribution is -2.29. The van der Waals surface area contributed by atoms with Crippen LogP contribution in [-0.2, 0) is 20.7 Å². The first-order valence-electron chi connectivity index (χ1n) is 5.07. The van der Waals surface area contributed by atoms with Crippen LogP contribution < -0.4 is 0 Å². The van der Waals surface area contributed by atoms with Crippen LogP contribution >= 0.6 is 0 Å². The molecule has 1 saturated heterocycles. The van der Waals surface area contributed by atoms with Gasteiger partial charge in [-0.25, -0.2) is 0 Å². The molecule has 1 aliphatic heterocycles. The van der Waals surface area contributed by atoms with Crippen LogP contribution in [-0.4, -0.2) is 22.8 Å². The second-order valence-corrected chi connectivity index (χ2v) is 3.77. The van der Waals surface area contributed by atoms with E-state index in [1.54, 1.807) is 0 Å². The summed E-state index contributed by atoms with van der Waals surface area (Å²) in [5.74, 6) is -0.398. The number of carbonyl (C=O) groups is 2. The molecular formula is C11H13NO3. The van der Waals surface area contributed by atoms with Crippen molar-refractivity contribution in [1.82, 2.24) is 4.98 Å². The zero-order valence-corrected chi connectivity index (χ0v) is 8.36. The first kappa shape index (κ1) is 9.96. The van der Waals surface area contributed by atoms with Gasteiger partial charge in [0.1, 0.15) is 18.3 Å². The number of rotatable bonds is 3. The molecule has 1 unspecified atom stereocenters. The second kappa shape index (κ2) is 4.29.